The van der Waals surface area contributed by atoms with Crippen LogP contribution in [0.4, 0.5) is 4.79 Å². The largest absolute Gasteiger partial charge is 0.480 e. The highest BCUT2D eigenvalue weighted by atomic mass is 35.5. The van der Waals surface area contributed by atoms with E-state index in [2.05, 4.69) is 5.32 Å². The van der Waals surface area contributed by atoms with Gasteiger partial charge >= 0.3 is 12.1 Å². The molecule has 4 N–H and O–H groups in total. The summed E-state index contributed by atoms with van der Waals surface area (Å²) in [7, 11) is 0. The van der Waals surface area contributed by atoms with Crippen LogP contribution in [-0.2, 0) is 20.9 Å². The lowest BCUT2D eigenvalue weighted by molar-refractivity contribution is -0.142. The molecule has 0 aliphatic carbocycles. The Kier molecular flexibility index (Phi) is 10.8. The summed E-state index contributed by atoms with van der Waals surface area (Å²) in [4.78, 5) is 22.1. The van der Waals surface area contributed by atoms with Crippen molar-refractivity contribution in [2.75, 3.05) is 13.2 Å². The Hall–Kier alpha value is -1.83. The van der Waals surface area contributed by atoms with Crippen molar-refractivity contribution in [2.24, 2.45) is 5.73 Å². The summed E-state index contributed by atoms with van der Waals surface area (Å²) >= 11 is 0. The lowest BCUT2D eigenvalue weighted by Gasteiger charge is -2.16. The van der Waals surface area contributed by atoms with Gasteiger partial charge in [-0.25, -0.2) is 4.79 Å². The van der Waals surface area contributed by atoms with Gasteiger partial charge in [0, 0.05) is 13.2 Å². The van der Waals surface area contributed by atoms with E-state index >= 15 is 0 Å². The van der Waals surface area contributed by atoms with Crippen molar-refractivity contribution in [1.29, 1.82) is 0 Å². The van der Waals surface area contributed by atoms with Crippen LogP contribution in [0, 0.1) is 0 Å². The number of amides is 1. The molecule has 2 unspecified atom stereocenters. The van der Waals surface area contributed by atoms with Gasteiger partial charge in [0.15, 0.2) is 0 Å². The molecule has 23 heavy (non-hydrogen) atoms. The number of halogens is 1. The van der Waals surface area contributed by atoms with Crippen molar-refractivity contribution >= 4 is 24.5 Å². The summed E-state index contributed by atoms with van der Waals surface area (Å²) in [6, 6.07) is 8.32. The lowest BCUT2D eigenvalue weighted by Crippen LogP contribution is -2.41. The molecule has 0 saturated carbocycles. The van der Waals surface area contributed by atoms with Crippen molar-refractivity contribution in [3.8, 4) is 0 Å². The Morgan fingerprint density at radius 3 is 2.57 bits per heavy atom. The van der Waals surface area contributed by atoms with Gasteiger partial charge in [0.05, 0.1) is 6.10 Å². The quantitative estimate of drug-likeness (QED) is 0.585. The molecule has 0 saturated heterocycles. The first kappa shape index (κ1) is 21.2. The zero-order chi connectivity index (χ0) is 16.4. The maximum atomic E-state index is 11.4. The Bertz CT molecular complexity index is 472. The van der Waals surface area contributed by atoms with E-state index in [1.165, 1.54) is 0 Å². The SMILES string of the molecule is CC(OCCCNC(=O)OCc1ccccc1)C(N)C(=O)O.Cl. The lowest BCUT2D eigenvalue weighted by atomic mass is 10.2. The van der Waals surface area contributed by atoms with E-state index in [1.807, 2.05) is 30.3 Å². The van der Waals surface area contributed by atoms with Crippen LogP contribution in [0.5, 0.6) is 0 Å². The molecule has 0 aliphatic rings. The van der Waals surface area contributed by atoms with Gasteiger partial charge in [0.2, 0.25) is 0 Å². The van der Waals surface area contributed by atoms with E-state index in [4.69, 9.17) is 20.3 Å². The van der Waals surface area contributed by atoms with Gasteiger partial charge in [-0.1, -0.05) is 30.3 Å². The van der Waals surface area contributed by atoms with Gasteiger partial charge in [-0.15, -0.1) is 12.4 Å². The van der Waals surface area contributed by atoms with Gasteiger partial charge < -0.3 is 25.6 Å². The van der Waals surface area contributed by atoms with Gasteiger partial charge in [-0.05, 0) is 18.9 Å². The molecular formula is C15H23ClN2O5. The van der Waals surface area contributed by atoms with E-state index < -0.39 is 24.2 Å². The fourth-order valence-corrected chi connectivity index (χ4v) is 1.61. The molecular weight excluding hydrogens is 324 g/mol. The number of ether oxygens (including phenoxy) is 2. The van der Waals surface area contributed by atoms with Crippen LogP contribution < -0.4 is 11.1 Å². The number of carboxylic acid groups (broad SMARTS) is 1. The first-order chi connectivity index (χ1) is 10.5. The van der Waals surface area contributed by atoms with Crippen LogP contribution in [0.25, 0.3) is 0 Å². The number of carbonyl (C=O) groups excluding carboxylic acids is 1. The van der Waals surface area contributed by atoms with Gasteiger partial charge in [-0.2, -0.15) is 0 Å². The monoisotopic (exact) mass is 346 g/mol. The van der Waals surface area contributed by atoms with E-state index in [-0.39, 0.29) is 19.0 Å². The van der Waals surface area contributed by atoms with Crippen LogP contribution >= 0.6 is 12.4 Å². The number of benzene rings is 1. The minimum Gasteiger partial charge on any atom is -0.480 e. The van der Waals surface area contributed by atoms with Gasteiger partial charge in [0.1, 0.15) is 12.6 Å². The highest BCUT2D eigenvalue weighted by Gasteiger charge is 2.20. The molecule has 0 heterocycles. The summed E-state index contributed by atoms with van der Waals surface area (Å²) in [5.74, 6) is -1.10. The second-order valence-electron chi connectivity index (χ2n) is 4.78. The summed E-state index contributed by atoms with van der Waals surface area (Å²) in [6.07, 6.45) is -0.543. The Balaban J connectivity index is 0.00000484. The standard InChI is InChI=1S/C15H22N2O5.ClH/c1-11(13(16)14(18)19)21-9-5-8-17-15(20)22-10-12-6-3-2-4-7-12;/h2-4,6-7,11,13H,5,8-10,16H2,1H3,(H,17,20)(H,18,19);1H. The van der Waals surface area contributed by atoms with E-state index in [1.54, 1.807) is 6.92 Å². The molecule has 1 aromatic carbocycles. The van der Waals surface area contributed by atoms with Crippen molar-refractivity contribution in [3.63, 3.8) is 0 Å². The number of rotatable bonds is 9. The highest BCUT2D eigenvalue weighted by molar-refractivity contribution is 5.85. The highest BCUT2D eigenvalue weighted by Crippen LogP contribution is 2.00. The third-order valence-corrected chi connectivity index (χ3v) is 2.97. The average molecular weight is 347 g/mol. The van der Waals surface area contributed by atoms with Crippen LogP contribution in [0.1, 0.15) is 18.9 Å². The van der Waals surface area contributed by atoms with Crippen LogP contribution in [-0.4, -0.2) is 42.5 Å². The second kappa shape index (κ2) is 11.7. The van der Waals surface area contributed by atoms with E-state index in [0.29, 0.717) is 19.6 Å². The molecule has 0 spiro atoms. The number of carboxylic acids is 1. The van der Waals surface area contributed by atoms with Crippen LogP contribution in [0.2, 0.25) is 0 Å². The Morgan fingerprint density at radius 2 is 1.96 bits per heavy atom. The number of carbonyl (C=O) groups is 2. The van der Waals surface area contributed by atoms with E-state index in [0.717, 1.165) is 5.56 Å². The first-order valence-corrected chi connectivity index (χ1v) is 7.05. The number of alkyl carbamates (subject to hydrolysis) is 1. The minimum atomic E-state index is -1.10. The van der Waals surface area contributed by atoms with Gasteiger partial charge in [-0.3, -0.25) is 4.79 Å². The van der Waals surface area contributed by atoms with Crippen LogP contribution in [0.15, 0.2) is 30.3 Å². The average Bonchev–Trinajstić information content (AvgIpc) is 2.52. The topological polar surface area (TPSA) is 111 Å². The number of hydrogen-bond donors (Lipinski definition) is 3. The molecule has 1 amide bonds. The van der Waals surface area contributed by atoms with E-state index in [9.17, 15) is 9.59 Å². The third-order valence-electron chi connectivity index (χ3n) is 2.97. The molecule has 0 bridgehead atoms. The molecule has 130 valence electrons. The maximum Gasteiger partial charge on any atom is 0.407 e. The number of hydrogen-bond acceptors (Lipinski definition) is 5. The second-order valence-corrected chi connectivity index (χ2v) is 4.78. The summed E-state index contributed by atoms with van der Waals surface area (Å²) in [5.41, 5.74) is 6.32. The molecule has 0 aromatic heterocycles. The van der Waals surface area contributed by atoms with Crippen molar-refractivity contribution in [1.82, 2.24) is 5.32 Å². The normalized spacial score (nSPS) is 12.6. The maximum absolute atomic E-state index is 11.4. The number of nitrogens with two attached hydrogens (primary N) is 1. The van der Waals surface area contributed by atoms with Crippen LogP contribution in [0.3, 0.4) is 0 Å². The molecule has 2 atom stereocenters. The zero-order valence-electron chi connectivity index (χ0n) is 12.9. The number of nitrogens with one attached hydrogen (secondary N) is 1. The summed E-state index contributed by atoms with van der Waals surface area (Å²) in [5, 5.41) is 11.3. The summed E-state index contributed by atoms with van der Waals surface area (Å²) < 4.78 is 10.3. The predicted molar refractivity (Wildman–Crippen MR) is 87.5 cm³/mol. The minimum absolute atomic E-state index is 0. The predicted octanol–water partition coefficient (Wildman–Crippen LogP) is 1.54. The first-order valence-electron chi connectivity index (χ1n) is 7.05. The molecule has 0 aliphatic heterocycles. The smallest absolute Gasteiger partial charge is 0.407 e. The molecule has 0 fully saturated rings. The summed E-state index contributed by atoms with van der Waals surface area (Å²) in [6.45, 7) is 2.50. The molecule has 0 radical (unpaired) electrons. The fraction of sp³-hybridized carbons (Fsp3) is 0.467. The Labute approximate surface area is 141 Å². The molecule has 8 heteroatoms. The molecule has 7 nitrogen and oxygen atoms in total. The fourth-order valence-electron chi connectivity index (χ4n) is 1.61. The number of aliphatic carboxylic acids is 1. The van der Waals surface area contributed by atoms with Gasteiger partial charge in [0.25, 0.3) is 0 Å². The zero-order valence-corrected chi connectivity index (χ0v) is 13.8. The molecule has 1 rings (SSSR count). The van der Waals surface area contributed by atoms with Crippen molar-refractivity contribution < 1.29 is 24.2 Å². The third kappa shape index (κ3) is 9.02. The Morgan fingerprint density at radius 1 is 1.30 bits per heavy atom. The van der Waals surface area contributed by atoms with Crippen molar-refractivity contribution in [3.05, 3.63) is 35.9 Å². The molecule has 1 aromatic rings. The van der Waals surface area contributed by atoms with Crippen molar-refractivity contribution in [2.45, 2.75) is 32.1 Å².